The van der Waals surface area contributed by atoms with Gasteiger partial charge in [0, 0.05) is 17.7 Å². The summed E-state index contributed by atoms with van der Waals surface area (Å²) in [5, 5.41) is 32.0. The predicted molar refractivity (Wildman–Crippen MR) is 82.2 cm³/mol. The van der Waals surface area contributed by atoms with Crippen molar-refractivity contribution in [1.82, 2.24) is 5.43 Å². The molecule has 2 aromatic carbocycles. The maximum Gasteiger partial charge on any atom is 0.271 e. The summed E-state index contributed by atoms with van der Waals surface area (Å²) < 4.78 is 0. The van der Waals surface area contributed by atoms with Crippen molar-refractivity contribution in [3.63, 3.8) is 0 Å². The summed E-state index contributed by atoms with van der Waals surface area (Å²) in [7, 11) is 0. The smallest absolute Gasteiger partial charge is 0.271 e. The molecule has 114 valence electrons. The van der Waals surface area contributed by atoms with Gasteiger partial charge in [-0.3, -0.25) is 4.79 Å². The molecule has 0 saturated carbocycles. The number of nitrogens with one attached hydrogen (secondary N) is 1. The molecule has 0 saturated heterocycles. The third kappa shape index (κ3) is 3.76. The second kappa shape index (κ2) is 6.62. The van der Waals surface area contributed by atoms with Crippen molar-refractivity contribution in [1.29, 1.82) is 0 Å². The van der Waals surface area contributed by atoms with Gasteiger partial charge < -0.3 is 15.3 Å². The molecule has 0 unspecified atom stereocenters. The normalized spacial score (nSPS) is 11.2. The average Bonchev–Trinajstić information content (AvgIpc) is 2.50. The van der Waals surface area contributed by atoms with Crippen LogP contribution in [0.25, 0.3) is 0 Å². The lowest BCUT2D eigenvalue weighted by atomic mass is 10.1. The zero-order valence-electron chi connectivity index (χ0n) is 11.9. The fourth-order valence-corrected chi connectivity index (χ4v) is 1.88. The molecule has 0 fully saturated rings. The van der Waals surface area contributed by atoms with Gasteiger partial charge >= 0.3 is 0 Å². The minimum absolute atomic E-state index is 0.0101. The molecule has 6 heteroatoms. The molecule has 4 N–H and O–H groups in total. The molecule has 2 aromatic rings. The van der Waals surface area contributed by atoms with Gasteiger partial charge in [0.1, 0.15) is 0 Å². The van der Waals surface area contributed by atoms with Crippen LogP contribution in [0.3, 0.4) is 0 Å². The summed E-state index contributed by atoms with van der Waals surface area (Å²) in [4.78, 5) is 11.9. The predicted octanol–water partition coefficient (Wildman–Crippen LogP) is 2.15. The molecule has 0 radical (unpaired) electrons. The highest BCUT2D eigenvalue weighted by atomic mass is 16.3. The molecule has 6 nitrogen and oxygen atoms in total. The van der Waals surface area contributed by atoms with Crippen molar-refractivity contribution in [3.8, 4) is 17.2 Å². The average molecular weight is 300 g/mol. The molecular weight excluding hydrogens is 284 g/mol. The number of hydrogen-bond donors (Lipinski definition) is 4. The maximum absolute atomic E-state index is 11.9. The number of rotatable bonds is 4. The van der Waals surface area contributed by atoms with Gasteiger partial charge in [0.2, 0.25) is 0 Å². The first-order valence-electron chi connectivity index (χ1n) is 6.59. The summed E-state index contributed by atoms with van der Waals surface area (Å²) in [6.45, 7) is 1.78. The summed E-state index contributed by atoms with van der Waals surface area (Å²) in [6.07, 6.45) is 0.590. The highest BCUT2D eigenvalue weighted by Crippen LogP contribution is 2.35. The molecule has 22 heavy (non-hydrogen) atoms. The number of aromatic hydroxyl groups is 3. The molecule has 0 bridgehead atoms. The number of amides is 1. The van der Waals surface area contributed by atoms with E-state index in [4.69, 9.17) is 0 Å². The van der Waals surface area contributed by atoms with E-state index in [2.05, 4.69) is 10.5 Å². The third-order valence-electron chi connectivity index (χ3n) is 2.98. The lowest BCUT2D eigenvalue weighted by molar-refractivity contribution is 0.0954. The first-order valence-corrected chi connectivity index (χ1v) is 6.59. The van der Waals surface area contributed by atoms with Gasteiger partial charge in [-0.2, -0.15) is 5.10 Å². The van der Waals surface area contributed by atoms with Crippen molar-refractivity contribution in [3.05, 3.63) is 53.6 Å². The minimum atomic E-state index is -0.666. The summed E-state index contributed by atoms with van der Waals surface area (Å²) in [5.74, 6) is -2.41. The van der Waals surface area contributed by atoms with Gasteiger partial charge in [0.15, 0.2) is 17.2 Å². The Labute approximate surface area is 127 Å². The Hall–Kier alpha value is -3.02. The van der Waals surface area contributed by atoms with Crippen molar-refractivity contribution in [2.24, 2.45) is 5.10 Å². The van der Waals surface area contributed by atoms with Gasteiger partial charge in [-0.1, -0.05) is 30.3 Å². The van der Waals surface area contributed by atoms with Gasteiger partial charge in [0.05, 0.1) is 0 Å². The Bertz CT molecular complexity index is 688. The van der Waals surface area contributed by atoms with Crippen LogP contribution in [0.1, 0.15) is 22.8 Å². The summed E-state index contributed by atoms with van der Waals surface area (Å²) >= 11 is 0. The molecule has 0 spiro atoms. The van der Waals surface area contributed by atoms with Gasteiger partial charge in [-0.25, -0.2) is 5.43 Å². The number of hydrogen-bond acceptors (Lipinski definition) is 5. The van der Waals surface area contributed by atoms with Gasteiger partial charge in [0.25, 0.3) is 5.91 Å². The van der Waals surface area contributed by atoms with Crippen molar-refractivity contribution in [2.45, 2.75) is 13.3 Å². The zero-order valence-corrected chi connectivity index (χ0v) is 11.9. The standard InChI is InChI=1S/C16H16N2O4/c1-10(7-11-5-3-2-4-6-11)17-18-16(22)12-8-13(19)15(21)14(20)9-12/h2-6,8-9,19-21H,7H2,1H3,(H,18,22). The Morgan fingerprint density at radius 2 is 1.68 bits per heavy atom. The number of nitrogens with zero attached hydrogens (tertiary/aromatic N) is 1. The van der Waals surface area contributed by atoms with E-state index in [1.807, 2.05) is 30.3 Å². The molecule has 0 heterocycles. The SMILES string of the molecule is CC(Cc1ccccc1)=NNC(=O)c1cc(O)c(O)c(O)c1. The van der Waals surface area contributed by atoms with E-state index < -0.39 is 23.2 Å². The quantitative estimate of drug-likeness (QED) is 0.395. The minimum Gasteiger partial charge on any atom is -0.504 e. The van der Waals surface area contributed by atoms with Crippen LogP contribution in [0.15, 0.2) is 47.6 Å². The number of benzene rings is 2. The van der Waals surface area contributed by atoms with Crippen molar-refractivity contribution >= 4 is 11.6 Å². The number of phenolic OH excluding ortho intramolecular Hbond substituents is 3. The fraction of sp³-hybridized carbons (Fsp3) is 0.125. The largest absolute Gasteiger partial charge is 0.504 e. The van der Waals surface area contributed by atoms with Gasteiger partial charge in [-0.05, 0) is 24.6 Å². The molecule has 0 atom stereocenters. The van der Waals surface area contributed by atoms with Crippen LogP contribution in [-0.4, -0.2) is 26.9 Å². The zero-order chi connectivity index (χ0) is 16.1. The molecule has 1 amide bonds. The van der Waals surface area contributed by atoms with E-state index in [0.717, 1.165) is 17.7 Å². The third-order valence-corrected chi connectivity index (χ3v) is 2.98. The second-order valence-electron chi connectivity index (χ2n) is 4.81. The van der Waals surface area contributed by atoms with Crippen molar-refractivity contribution < 1.29 is 20.1 Å². The van der Waals surface area contributed by atoms with Crippen LogP contribution in [0.2, 0.25) is 0 Å². The van der Waals surface area contributed by atoms with Crippen LogP contribution in [0.4, 0.5) is 0 Å². The number of hydrazone groups is 1. The molecule has 2 rings (SSSR count). The first-order chi connectivity index (χ1) is 10.5. The molecule has 0 aromatic heterocycles. The summed E-state index contributed by atoms with van der Waals surface area (Å²) in [6, 6.07) is 11.8. The first kappa shape index (κ1) is 15.4. The summed E-state index contributed by atoms with van der Waals surface area (Å²) in [5.41, 5.74) is 4.10. The Kier molecular flexibility index (Phi) is 4.63. The maximum atomic E-state index is 11.9. The van der Waals surface area contributed by atoms with Crippen molar-refractivity contribution in [2.75, 3.05) is 0 Å². The van der Waals surface area contributed by atoms with Crippen LogP contribution in [0.5, 0.6) is 17.2 Å². The lowest BCUT2D eigenvalue weighted by Crippen LogP contribution is -2.19. The number of carbonyl (C=O) groups excluding carboxylic acids is 1. The number of carbonyl (C=O) groups is 1. The van der Waals surface area contributed by atoms with Crippen LogP contribution in [-0.2, 0) is 6.42 Å². The van der Waals surface area contributed by atoms with E-state index in [9.17, 15) is 20.1 Å². The second-order valence-corrected chi connectivity index (χ2v) is 4.81. The van der Waals surface area contributed by atoms with Crippen LogP contribution < -0.4 is 5.43 Å². The van der Waals surface area contributed by atoms with E-state index in [-0.39, 0.29) is 5.56 Å². The fourth-order valence-electron chi connectivity index (χ4n) is 1.88. The van der Waals surface area contributed by atoms with Gasteiger partial charge in [-0.15, -0.1) is 0 Å². The lowest BCUT2D eigenvalue weighted by Gasteiger charge is -2.06. The molecule has 0 aliphatic rings. The van der Waals surface area contributed by atoms with E-state index in [1.54, 1.807) is 6.92 Å². The molecule has 0 aliphatic heterocycles. The van der Waals surface area contributed by atoms with E-state index >= 15 is 0 Å². The molecular formula is C16H16N2O4. The highest BCUT2D eigenvalue weighted by Gasteiger charge is 2.13. The Morgan fingerprint density at radius 1 is 1.09 bits per heavy atom. The topological polar surface area (TPSA) is 102 Å². The van der Waals surface area contributed by atoms with E-state index in [0.29, 0.717) is 12.1 Å². The van der Waals surface area contributed by atoms with Crippen LogP contribution in [0, 0.1) is 0 Å². The van der Waals surface area contributed by atoms with E-state index in [1.165, 1.54) is 0 Å². The Balaban J connectivity index is 2.04. The Morgan fingerprint density at radius 3 is 2.27 bits per heavy atom. The molecule has 0 aliphatic carbocycles. The number of phenols is 3. The monoisotopic (exact) mass is 300 g/mol. The highest BCUT2D eigenvalue weighted by molar-refractivity contribution is 5.96. The van der Waals surface area contributed by atoms with Crippen LogP contribution >= 0.6 is 0 Å².